The Kier molecular flexibility index (Phi) is 6.83. The van der Waals surface area contributed by atoms with Crippen LogP contribution in [0.25, 0.3) is 0 Å². The van der Waals surface area contributed by atoms with Crippen molar-refractivity contribution in [1.82, 2.24) is 10.2 Å². The van der Waals surface area contributed by atoms with Gasteiger partial charge in [-0.2, -0.15) is 0 Å². The van der Waals surface area contributed by atoms with Crippen LogP contribution in [0.3, 0.4) is 0 Å². The molecule has 0 heterocycles. The molecule has 0 saturated heterocycles. The maximum atomic E-state index is 13.3. The van der Waals surface area contributed by atoms with Crippen molar-refractivity contribution in [2.24, 2.45) is 0 Å². The van der Waals surface area contributed by atoms with Crippen LogP contribution in [-0.4, -0.2) is 31.1 Å². The molecule has 0 saturated carbocycles. The summed E-state index contributed by atoms with van der Waals surface area (Å²) in [7, 11) is 0. The Labute approximate surface area is 108 Å². The van der Waals surface area contributed by atoms with Crippen molar-refractivity contribution >= 4 is 0 Å². The second kappa shape index (κ2) is 8.16. The highest BCUT2D eigenvalue weighted by Gasteiger charge is 2.04. The highest BCUT2D eigenvalue weighted by atomic mass is 19.1. The van der Waals surface area contributed by atoms with E-state index in [0.717, 1.165) is 38.7 Å². The SMILES string of the molecule is CCCN(CC)CCNCc1cc(F)ccc1F. The van der Waals surface area contributed by atoms with Gasteiger partial charge < -0.3 is 10.2 Å². The molecule has 18 heavy (non-hydrogen) atoms. The first kappa shape index (κ1) is 15.1. The Hall–Kier alpha value is -1.00. The van der Waals surface area contributed by atoms with Crippen molar-refractivity contribution < 1.29 is 8.78 Å². The van der Waals surface area contributed by atoms with Gasteiger partial charge in [0.15, 0.2) is 0 Å². The van der Waals surface area contributed by atoms with Crippen molar-refractivity contribution in [3.05, 3.63) is 35.4 Å². The van der Waals surface area contributed by atoms with Crippen LogP contribution in [0.4, 0.5) is 8.78 Å². The Morgan fingerprint density at radius 2 is 1.94 bits per heavy atom. The van der Waals surface area contributed by atoms with Crippen molar-refractivity contribution in [1.29, 1.82) is 0 Å². The number of nitrogens with zero attached hydrogens (tertiary/aromatic N) is 1. The largest absolute Gasteiger partial charge is 0.311 e. The maximum Gasteiger partial charge on any atom is 0.127 e. The van der Waals surface area contributed by atoms with Crippen molar-refractivity contribution in [2.45, 2.75) is 26.8 Å². The first-order valence-electron chi connectivity index (χ1n) is 6.54. The molecular formula is C14H22F2N2. The number of rotatable bonds is 8. The molecule has 0 aliphatic rings. The van der Waals surface area contributed by atoms with Gasteiger partial charge in [-0.25, -0.2) is 8.78 Å². The zero-order chi connectivity index (χ0) is 13.4. The van der Waals surface area contributed by atoms with Crippen LogP contribution in [0.2, 0.25) is 0 Å². The van der Waals surface area contributed by atoms with Crippen LogP contribution >= 0.6 is 0 Å². The van der Waals surface area contributed by atoms with E-state index in [1.807, 2.05) is 0 Å². The van der Waals surface area contributed by atoms with Crippen molar-refractivity contribution in [3.63, 3.8) is 0 Å². The van der Waals surface area contributed by atoms with Crippen molar-refractivity contribution in [3.8, 4) is 0 Å². The first-order chi connectivity index (χ1) is 8.67. The van der Waals surface area contributed by atoms with E-state index < -0.39 is 5.82 Å². The van der Waals surface area contributed by atoms with Gasteiger partial charge in [-0.1, -0.05) is 13.8 Å². The molecule has 4 heteroatoms. The lowest BCUT2D eigenvalue weighted by atomic mass is 10.2. The fraction of sp³-hybridized carbons (Fsp3) is 0.571. The molecule has 1 aromatic rings. The van der Waals surface area contributed by atoms with Gasteiger partial charge in [0.1, 0.15) is 11.6 Å². The van der Waals surface area contributed by atoms with E-state index in [-0.39, 0.29) is 5.82 Å². The number of hydrogen-bond acceptors (Lipinski definition) is 2. The summed E-state index contributed by atoms with van der Waals surface area (Å²) in [6.07, 6.45) is 1.13. The predicted octanol–water partition coefficient (Wildman–Crippen LogP) is 2.79. The van der Waals surface area contributed by atoms with E-state index in [9.17, 15) is 8.78 Å². The Morgan fingerprint density at radius 1 is 1.17 bits per heavy atom. The molecule has 1 N–H and O–H groups in total. The molecule has 0 unspecified atom stereocenters. The van der Waals surface area contributed by atoms with Gasteiger partial charge in [0.2, 0.25) is 0 Å². The minimum atomic E-state index is -0.394. The van der Waals surface area contributed by atoms with Gasteiger partial charge in [0, 0.05) is 25.2 Å². The van der Waals surface area contributed by atoms with Gasteiger partial charge in [-0.3, -0.25) is 0 Å². The van der Waals surface area contributed by atoms with Crippen molar-refractivity contribution in [2.75, 3.05) is 26.2 Å². The van der Waals surface area contributed by atoms with Crippen LogP contribution in [0.15, 0.2) is 18.2 Å². The van der Waals surface area contributed by atoms with Crippen LogP contribution in [0.5, 0.6) is 0 Å². The smallest absolute Gasteiger partial charge is 0.127 e. The summed E-state index contributed by atoms with van der Waals surface area (Å²) < 4.78 is 26.3. The van der Waals surface area contributed by atoms with E-state index in [4.69, 9.17) is 0 Å². The van der Waals surface area contributed by atoms with Gasteiger partial charge in [0.25, 0.3) is 0 Å². The van der Waals surface area contributed by atoms with Gasteiger partial charge in [-0.05, 0) is 37.7 Å². The molecule has 0 amide bonds. The Morgan fingerprint density at radius 3 is 2.61 bits per heavy atom. The zero-order valence-corrected chi connectivity index (χ0v) is 11.2. The van der Waals surface area contributed by atoms with Crippen LogP contribution in [-0.2, 0) is 6.54 Å². The number of benzene rings is 1. The Balaban J connectivity index is 2.31. The molecule has 0 spiro atoms. The standard InChI is InChI=1S/C14H22F2N2/c1-3-8-18(4-2)9-7-17-11-12-10-13(15)5-6-14(12)16/h5-6,10,17H,3-4,7-9,11H2,1-2H3. The average Bonchev–Trinajstić information content (AvgIpc) is 2.37. The third-order valence-corrected chi connectivity index (χ3v) is 2.92. The van der Waals surface area contributed by atoms with Gasteiger partial charge in [0.05, 0.1) is 0 Å². The number of likely N-dealkylation sites (N-methyl/N-ethyl adjacent to an activating group) is 1. The summed E-state index contributed by atoms with van der Waals surface area (Å²) in [6.45, 7) is 8.45. The maximum absolute atomic E-state index is 13.3. The number of hydrogen-bond donors (Lipinski definition) is 1. The summed E-state index contributed by atoms with van der Waals surface area (Å²) in [5.41, 5.74) is 0.383. The first-order valence-corrected chi connectivity index (χ1v) is 6.54. The third-order valence-electron chi connectivity index (χ3n) is 2.92. The lowest BCUT2D eigenvalue weighted by Crippen LogP contribution is -2.32. The minimum absolute atomic E-state index is 0.357. The molecule has 0 bridgehead atoms. The van der Waals surface area contributed by atoms with Gasteiger partial charge >= 0.3 is 0 Å². The second-order valence-electron chi connectivity index (χ2n) is 4.35. The van der Waals surface area contributed by atoms with Crippen LogP contribution in [0, 0.1) is 11.6 Å². The van der Waals surface area contributed by atoms with Crippen LogP contribution in [0.1, 0.15) is 25.8 Å². The second-order valence-corrected chi connectivity index (χ2v) is 4.35. The molecule has 2 nitrogen and oxygen atoms in total. The lowest BCUT2D eigenvalue weighted by Gasteiger charge is -2.19. The predicted molar refractivity (Wildman–Crippen MR) is 70.5 cm³/mol. The fourth-order valence-electron chi connectivity index (χ4n) is 1.88. The van der Waals surface area contributed by atoms with Crippen LogP contribution < -0.4 is 5.32 Å². The minimum Gasteiger partial charge on any atom is -0.311 e. The molecule has 0 aliphatic carbocycles. The molecule has 1 rings (SSSR count). The zero-order valence-electron chi connectivity index (χ0n) is 11.2. The molecule has 0 radical (unpaired) electrons. The molecule has 0 fully saturated rings. The molecule has 0 atom stereocenters. The average molecular weight is 256 g/mol. The lowest BCUT2D eigenvalue weighted by molar-refractivity contribution is 0.287. The normalized spacial score (nSPS) is 11.2. The molecule has 1 aromatic carbocycles. The van der Waals surface area contributed by atoms with E-state index >= 15 is 0 Å². The van der Waals surface area contributed by atoms with E-state index in [1.165, 1.54) is 12.1 Å². The van der Waals surface area contributed by atoms with E-state index in [2.05, 4.69) is 24.1 Å². The summed E-state index contributed by atoms with van der Waals surface area (Å²) in [4.78, 5) is 2.33. The molecule has 102 valence electrons. The van der Waals surface area contributed by atoms with E-state index in [0.29, 0.717) is 12.1 Å². The topological polar surface area (TPSA) is 15.3 Å². The fourth-order valence-corrected chi connectivity index (χ4v) is 1.88. The summed E-state index contributed by atoms with van der Waals surface area (Å²) in [5.74, 6) is -0.751. The van der Waals surface area contributed by atoms with Gasteiger partial charge in [-0.15, -0.1) is 0 Å². The molecule has 0 aromatic heterocycles. The quantitative estimate of drug-likeness (QED) is 0.719. The highest BCUT2D eigenvalue weighted by Crippen LogP contribution is 2.08. The number of nitrogens with one attached hydrogen (secondary N) is 1. The molecule has 0 aliphatic heterocycles. The number of halogens is 2. The van der Waals surface area contributed by atoms with E-state index in [1.54, 1.807) is 0 Å². The highest BCUT2D eigenvalue weighted by molar-refractivity contribution is 5.18. The monoisotopic (exact) mass is 256 g/mol. The third kappa shape index (κ3) is 5.10. The Bertz CT molecular complexity index is 356. The summed E-state index contributed by atoms with van der Waals surface area (Å²) >= 11 is 0. The summed E-state index contributed by atoms with van der Waals surface area (Å²) in [6, 6.07) is 3.55. The summed E-state index contributed by atoms with van der Waals surface area (Å²) in [5, 5.41) is 3.14. The molecular weight excluding hydrogens is 234 g/mol.